The molecular weight excluding hydrogens is 398 g/mol. The second-order valence-electron chi connectivity index (χ2n) is 6.89. The Labute approximate surface area is 169 Å². The summed E-state index contributed by atoms with van der Waals surface area (Å²) in [5.74, 6) is 1.08. The standard InChI is InChI=1S/C18H25N5O3S2/c1-3-4-9-23(15-7-10-28(25,26)13-15)16(24)12-27-18-21-20-17(22(18)2)14-6-5-8-19-11-14/h5-6,8,11,15H,3-4,7,9-10,12-13H2,1-2H3. The van der Waals surface area contributed by atoms with Gasteiger partial charge in [0.25, 0.3) is 0 Å². The number of carbonyl (C=O) groups excluding carboxylic acids is 1. The molecule has 152 valence electrons. The molecule has 1 aliphatic heterocycles. The lowest BCUT2D eigenvalue weighted by Gasteiger charge is -2.28. The van der Waals surface area contributed by atoms with Crippen LogP contribution in [0.4, 0.5) is 0 Å². The minimum Gasteiger partial charge on any atom is -0.338 e. The Morgan fingerprint density at radius 1 is 1.39 bits per heavy atom. The number of hydrogen-bond acceptors (Lipinski definition) is 7. The molecule has 0 bridgehead atoms. The van der Waals surface area contributed by atoms with Gasteiger partial charge in [-0.3, -0.25) is 9.78 Å². The Bertz CT molecular complexity index is 915. The highest BCUT2D eigenvalue weighted by Crippen LogP contribution is 2.24. The van der Waals surface area contributed by atoms with Crippen molar-refractivity contribution in [2.24, 2.45) is 7.05 Å². The molecule has 1 fully saturated rings. The van der Waals surface area contributed by atoms with Crippen LogP contribution in [-0.2, 0) is 21.7 Å². The van der Waals surface area contributed by atoms with Gasteiger partial charge in [-0.2, -0.15) is 0 Å². The predicted octanol–water partition coefficient (Wildman–Crippen LogP) is 1.78. The molecule has 3 heterocycles. The van der Waals surface area contributed by atoms with Gasteiger partial charge in [0.05, 0.1) is 17.3 Å². The molecule has 0 aliphatic carbocycles. The van der Waals surface area contributed by atoms with Crippen LogP contribution in [0.15, 0.2) is 29.7 Å². The average molecular weight is 424 g/mol. The minimum absolute atomic E-state index is 0.0496. The maximum atomic E-state index is 12.9. The van der Waals surface area contributed by atoms with E-state index in [1.165, 1.54) is 11.8 Å². The Balaban J connectivity index is 1.67. The second kappa shape index (κ2) is 9.04. The van der Waals surface area contributed by atoms with E-state index in [0.717, 1.165) is 18.4 Å². The third-order valence-electron chi connectivity index (χ3n) is 4.80. The van der Waals surface area contributed by atoms with Crippen LogP contribution in [0.5, 0.6) is 0 Å². The van der Waals surface area contributed by atoms with E-state index in [0.29, 0.717) is 23.9 Å². The molecule has 0 N–H and O–H groups in total. The quantitative estimate of drug-likeness (QED) is 0.597. The van der Waals surface area contributed by atoms with Crippen molar-refractivity contribution >= 4 is 27.5 Å². The molecule has 1 atom stereocenters. The van der Waals surface area contributed by atoms with Gasteiger partial charge >= 0.3 is 0 Å². The van der Waals surface area contributed by atoms with Crippen LogP contribution >= 0.6 is 11.8 Å². The van der Waals surface area contributed by atoms with E-state index in [-0.39, 0.29) is 29.2 Å². The molecule has 3 rings (SSSR count). The number of thioether (sulfide) groups is 1. The molecule has 1 unspecified atom stereocenters. The molecule has 1 saturated heterocycles. The van der Waals surface area contributed by atoms with Gasteiger partial charge in [0.1, 0.15) is 0 Å². The molecule has 0 aromatic carbocycles. The molecule has 2 aromatic rings. The first-order valence-corrected chi connectivity index (χ1v) is 12.1. The lowest BCUT2D eigenvalue weighted by atomic mass is 10.2. The van der Waals surface area contributed by atoms with Crippen LogP contribution in [-0.4, -0.2) is 68.8 Å². The summed E-state index contributed by atoms with van der Waals surface area (Å²) in [7, 11) is -1.18. The summed E-state index contributed by atoms with van der Waals surface area (Å²) in [6, 6.07) is 3.53. The fourth-order valence-corrected chi connectivity index (χ4v) is 5.78. The topological polar surface area (TPSA) is 98.1 Å². The molecule has 0 spiro atoms. The first kappa shape index (κ1) is 20.8. The number of rotatable bonds is 8. The van der Waals surface area contributed by atoms with Gasteiger partial charge in [-0.25, -0.2) is 8.42 Å². The maximum absolute atomic E-state index is 12.9. The Kier molecular flexibility index (Phi) is 6.71. The van der Waals surface area contributed by atoms with Crippen molar-refractivity contribution in [3.8, 4) is 11.4 Å². The second-order valence-corrected chi connectivity index (χ2v) is 10.1. The van der Waals surface area contributed by atoms with Gasteiger partial charge in [0, 0.05) is 37.6 Å². The highest BCUT2D eigenvalue weighted by Gasteiger charge is 2.34. The zero-order valence-corrected chi connectivity index (χ0v) is 17.7. The first-order valence-electron chi connectivity index (χ1n) is 9.33. The molecule has 0 radical (unpaired) electrons. The lowest BCUT2D eigenvalue weighted by Crippen LogP contribution is -2.42. The van der Waals surface area contributed by atoms with E-state index in [9.17, 15) is 13.2 Å². The van der Waals surface area contributed by atoms with Gasteiger partial charge in [-0.1, -0.05) is 25.1 Å². The van der Waals surface area contributed by atoms with Crippen LogP contribution in [0.2, 0.25) is 0 Å². The summed E-state index contributed by atoms with van der Waals surface area (Å²) in [6.45, 7) is 2.65. The predicted molar refractivity (Wildman–Crippen MR) is 109 cm³/mol. The first-order chi connectivity index (χ1) is 13.4. The molecule has 8 nitrogen and oxygen atoms in total. The normalized spacial score (nSPS) is 18.3. The van der Waals surface area contributed by atoms with Crippen LogP contribution in [0.1, 0.15) is 26.2 Å². The van der Waals surface area contributed by atoms with Crippen molar-refractivity contribution in [3.05, 3.63) is 24.5 Å². The molecule has 0 saturated carbocycles. The largest absolute Gasteiger partial charge is 0.338 e. The van der Waals surface area contributed by atoms with Crippen LogP contribution in [0, 0.1) is 0 Å². The number of nitrogens with zero attached hydrogens (tertiary/aromatic N) is 5. The van der Waals surface area contributed by atoms with Crippen LogP contribution in [0.25, 0.3) is 11.4 Å². The highest BCUT2D eigenvalue weighted by molar-refractivity contribution is 7.99. The maximum Gasteiger partial charge on any atom is 0.233 e. The summed E-state index contributed by atoms with van der Waals surface area (Å²) in [5.41, 5.74) is 0.858. The number of aromatic nitrogens is 4. The van der Waals surface area contributed by atoms with Gasteiger partial charge in [0.2, 0.25) is 5.91 Å². The molecule has 10 heteroatoms. The van der Waals surface area contributed by atoms with Crippen molar-refractivity contribution in [3.63, 3.8) is 0 Å². The average Bonchev–Trinajstić information content (AvgIpc) is 3.23. The highest BCUT2D eigenvalue weighted by atomic mass is 32.2. The summed E-state index contributed by atoms with van der Waals surface area (Å²) >= 11 is 1.32. The molecule has 1 amide bonds. The minimum atomic E-state index is -3.03. The Hall–Kier alpha value is -1.94. The third-order valence-corrected chi connectivity index (χ3v) is 7.56. The van der Waals surface area contributed by atoms with Crippen molar-refractivity contribution in [2.75, 3.05) is 23.8 Å². The van der Waals surface area contributed by atoms with E-state index < -0.39 is 9.84 Å². The number of carbonyl (C=O) groups is 1. The van der Waals surface area contributed by atoms with Crippen LogP contribution in [0.3, 0.4) is 0 Å². The van der Waals surface area contributed by atoms with E-state index in [1.807, 2.05) is 23.7 Å². The summed E-state index contributed by atoms with van der Waals surface area (Å²) < 4.78 is 25.5. The fourth-order valence-electron chi connectivity index (χ4n) is 3.26. The zero-order valence-electron chi connectivity index (χ0n) is 16.1. The molecule has 2 aromatic heterocycles. The number of unbranched alkanes of at least 4 members (excludes halogenated alkanes) is 1. The van der Waals surface area contributed by atoms with Crippen molar-refractivity contribution in [2.45, 2.75) is 37.4 Å². The van der Waals surface area contributed by atoms with Gasteiger partial charge in [0.15, 0.2) is 20.8 Å². The summed E-state index contributed by atoms with van der Waals surface area (Å²) in [6.07, 6.45) is 5.76. The zero-order chi connectivity index (χ0) is 20.1. The lowest BCUT2D eigenvalue weighted by molar-refractivity contribution is -0.130. The monoisotopic (exact) mass is 423 g/mol. The molecular formula is C18H25N5O3S2. The fraction of sp³-hybridized carbons (Fsp3) is 0.556. The molecule has 28 heavy (non-hydrogen) atoms. The van der Waals surface area contributed by atoms with E-state index in [2.05, 4.69) is 22.1 Å². The smallest absolute Gasteiger partial charge is 0.233 e. The molecule has 1 aliphatic rings. The Morgan fingerprint density at radius 3 is 2.86 bits per heavy atom. The van der Waals surface area contributed by atoms with Crippen LogP contribution < -0.4 is 0 Å². The summed E-state index contributed by atoms with van der Waals surface area (Å²) in [4.78, 5) is 18.7. The van der Waals surface area contributed by atoms with E-state index in [4.69, 9.17) is 0 Å². The van der Waals surface area contributed by atoms with Crippen molar-refractivity contribution in [1.29, 1.82) is 0 Å². The van der Waals surface area contributed by atoms with Gasteiger partial charge in [-0.05, 0) is 25.0 Å². The third kappa shape index (κ3) is 4.91. The van der Waals surface area contributed by atoms with Crippen molar-refractivity contribution < 1.29 is 13.2 Å². The van der Waals surface area contributed by atoms with Gasteiger partial charge < -0.3 is 9.47 Å². The van der Waals surface area contributed by atoms with Crippen molar-refractivity contribution in [1.82, 2.24) is 24.6 Å². The van der Waals surface area contributed by atoms with E-state index in [1.54, 1.807) is 17.3 Å². The number of pyridine rings is 1. The summed E-state index contributed by atoms with van der Waals surface area (Å²) in [5, 5.41) is 9.03. The number of amides is 1. The number of hydrogen-bond donors (Lipinski definition) is 0. The van der Waals surface area contributed by atoms with E-state index >= 15 is 0 Å². The SMILES string of the molecule is CCCCN(C(=O)CSc1nnc(-c2cccnc2)n1C)C1CCS(=O)(=O)C1. The number of sulfone groups is 1. The van der Waals surface area contributed by atoms with Gasteiger partial charge in [-0.15, -0.1) is 10.2 Å². The Morgan fingerprint density at radius 2 is 2.21 bits per heavy atom.